The van der Waals surface area contributed by atoms with Crippen molar-refractivity contribution in [1.82, 2.24) is 5.32 Å². The van der Waals surface area contributed by atoms with Crippen LogP contribution in [-0.2, 0) is 14.6 Å². The van der Waals surface area contributed by atoms with Crippen LogP contribution in [0.3, 0.4) is 0 Å². The number of carbonyl (C=O) groups excluding carboxylic acids is 1. The second kappa shape index (κ2) is 7.13. The van der Waals surface area contributed by atoms with E-state index in [-0.39, 0.29) is 17.5 Å². The average molecular weight is 401 g/mol. The fraction of sp³-hybridized carbons (Fsp3) is 0.381. The van der Waals surface area contributed by atoms with E-state index in [2.05, 4.69) is 5.32 Å². The van der Waals surface area contributed by atoms with Crippen LogP contribution in [0, 0.1) is 6.92 Å². The minimum Gasteiger partial charge on any atom is -0.486 e. The van der Waals surface area contributed by atoms with Gasteiger partial charge in [-0.1, -0.05) is 29.8 Å². The molecule has 1 aliphatic heterocycles. The zero-order valence-corrected chi connectivity index (χ0v) is 16.5. The van der Waals surface area contributed by atoms with Gasteiger partial charge in [0.05, 0.1) is 11.4 Å². The Hall–Kier alpha value is -2.54. The standard InChI is InChI=1S/C21H23NO5S/c1-15-7-9-17(10-8-15)28(24,25)21(11-4-12-21)20(23)22-13-16-14-26-18-5-2-3-6-19(18)27-16/h2-3,5-10,16H,4,11-14H2,1H3,(H,22,23)/t16-/m1/s1. The number of rotatable bonds is 5. The molecule has 1 heterocycles. The Bertz CT molecular complexity index is 980. The minimum absolute atomic E-state index is 0.193. The second-order valence-corrected chi connectivity index (χ2v) is 9.63. The quantitative estimate of drug-likeness (QED) is 0.833. The number of aryl methyl sites for hydroxylation is 1. The molecule has 0 spiro atoms. The highest BCUT2D eigenvalue weighted by molar-refractivity contribution is 7.93. The molecule has 6 nitrogen and oxygen atoms in total. The summed E-state index contributed by atoms with van der Waals surface area (Å²) in [7, 11) is -3.77. The molecule has 0 aromatic heterocycles. The molecule has 148 valence electrons. The van der Waals surface area contributed by atoms with Crippen LogP contribution >= 0.6 is 0 Å². The molecule has 2 aromatic carbocycles. The monoisotopic (exact) mass is 401 g/mol. The Kier molecular flexibility index (Phi) is 4.79. The van der Waals surface area contributed by atoms with Gasteiger partial charge in [-0.3, -0.25) is 4.79 Å². The summed E-state index contributed by atoms with van der Waals surface area (Å²) in [6.07, 6.45) is 1.02. The molecule has 1 atom stereocenters. The molecule has 2 aliphatic rings. The molecule has 1 aliphatic carbocycles. The molecule has 0 saturated heterocycles. The zero-order valence-electron chi connectivity index (χ0n) is 15.7. The molecule has 28 heavy (non-hydrogen) atoms. The molecule has 0 unspecified atom stereocenters. The lowest BCUT2D eigenvalue weighted by Gasteiger charge is -2.39. The van der Waals surface area contributed by atoms with Crippen molar-refractivity contribution in [2.45, 2.75) is 41.9 Å². The number of carbonyl (C=O) groups is 1. The van der Waals surface area contributed by atoms with Gasteiger partial charge in [-0.2, -0.15) is 0 Å². The van der Waals surface area contributed by atoms with Crippen LogP contribution < -0.4 is 14.8 Å². The van der Waals surface area contributed by atoms with Crippen molar-refractivity contribution in [3.05, 3.63) is 54.1 Å². The third-order valence-corrected chi connectivity index (χ3v) is 7.99. The van der Waals surface area contributed by atoms with Crippen molar-refractivity contribution in [3.63, 3.8) is 0 Å². The fourth-order valence-corrected chi connectivity index (χ4v) is 5.68. The summed E-state index contributed by atoms with van der Waals surface area (Å²) in [6, 6.07) is 14.0. The number of nitrogens with one attached hydrogen (secondary N) is 1. The van der Waals surface area contributed by atoms with Crippen molar-refractivity contribution in [2.75, 3.05) is 13.2 Å². The summed E-state index contributed by atoms with van der Waals surface area (Å²) in [5.41, 5.74) is 0.973. The number of amides is 1. The molecule has 0 radical (unpaired) electrons. The van der Waals surface area contributed by atoms with E-state index >= 15 is 0 Å². The van der Waals surface area contributed by atoms with E-state index < -0.39 is 20.5 Å². The number of sulfone groups is 1. The number of ether oxygens (including phenoxy) is 2. The lowest BCUT2D eigenvalue weighted by atomic mass is 9.83. The first-order valence-corrected chi connectivity index (χ1v) is 10.9. The third kappa shape index (κ3) is 3.13. The third-order valence-electron chi connectivity index (χ3n) is 5.48. The second-order valence-electron chi connectivity index (χ2n) is 7.37. The van der Waals surface area contributed by atoms with E-state index in [4.69, 9.17) is 9.47 Å². The summed E-state index contributed by atoms with van der Waals surface area (Å²) in [5, 5.41) is 2.79. The van der Waals surface area contributed by atoms with Crippen LogP contribution in [0.2, 0.25) is 0 Å². The smallest absolute Gasteiger partial charge is 0.241 e. The number of hydrogen-bond acceptors (Lipinski definition) is 5. The molecule has 7 heteroatoms. The molecular formula is C21H23NO5S. The number of benzene rings is 2. The molecule has 1 N–H and O–H groups in total. The predicted molar refractivity (Wildman–Crippen MR) is 104 cm³/mol. The van der Waals surface area contributed by atoms with Crippen molar-refractivity contribution < 1.29 is 22.7 Å². The highest BCUT2D eigenvalue weighted by atomic mass is 32.2. The van der Waals surface area contributed by atoms with E-state index in [1.165, 1.54) is 0 Å². The largest absolute Gasteiger partial charge is 0.486 e. The summed E-state index contributed by atoms with van der Waals surface area (Å²) >= 11 is 0. The first kappa shape index (κ1) is 18.8. The Balaban J connectivity index is 1.46. The fourth-order valence-electron chi connectivity index (χ4n) is 3.59. The van der Waals surface area contributed by atoms with Crippen LogP contribution in [0.15, 0.2) is 53.4 Å². The Morgan fingerprint density at radius 3 is 2.43 bits per heavy atom. The zero-order chi connectivity index (χ0) is 19.8. The van der Waals surface area contributed by atoms with E-state index in [1.807, 2.05) is 25.1 Å². The van der Waals surface area contributed by atoms with Crippen LogP contribution in [0.25, 0.3) is 0 Å². The van der Waals surface area contributed by atoms with Gasteiger partial charge in [0, 0.05) is 0 Å². The highest BCUT2D eigenvalue weighted by Gasteiger charge is 2.55. The maximum Gasteiger partial charge on any atom is 0.241 e. The topological polar surface area (TPSA) is 81.7 Å². The molecule has 1 fully saturated rings. The summed E-state index contributed by atoms with van der Waals surface area (Å²) in [4.78, 5) is 13.1. The predicted octanol–water partition coefficient (Wildman–Crippen LogP) is 2.65. The Morgan fingerprint density at radius 1 is 1.11 bits per heavy atom. The summed E-state index contributed by atoms with van der Waals surface area (Å²) in [6.45, 7) is 2.39. The lowest BCUT2D eigenvalue weighted by molar-refractivity contribution is -0.126. The van der Waals surface area contributed by atoms with Crippen molar-refractivity contribution in [1.29, 1.82) is 0 Å². The van der Waals surface area contributed by atoms with Crippen LogP contribution in [-0.4, -0.2) is 38.3 Å². The molecular weight excluding hydrogens is 378 g/mol. The SMILES string of the molecule is Cc1ccc(S(=O)(=O)C2(C(=O)NC[C@@H]3COc4ccccc4O3)CCC2)cc1. The van der Waals surface area contributed by atoms with Gasteiger partial charge in [0.2, 0.25) is 5.91 Å². The summed E-state index contributed by atoms with van der Waals surface area (Å²) < 4.78 is 36.5. The van der Waals surface area contributed by atoms with Gasteiger partial charge >= 0.3 is 0 Å². The molecule has 1 saturated carbocycles. The van der Waals surface area contributed by atoms with Crippen LogP contribution in [0.1, 0.15) is 24.8 Å². The van der Waals surface area contributed by atoms with Gasteiger partial charge < -0.3 is 14.8 Å². The first-order valence-electron chi connectivity index (χ1n) is 9.40. The van der Waals surface area contributed by atoms with Gasteiger partial charge in [-0.05, 0) is 50.5 Å². The van der Waals surface area contributed by atoms with Gasteiger partial charge in [-0.15, -0.1) is 0 Å². The van der Waals surface area contributed by atoms with Gasteiger partial charge in [0.1, 0.15) is 12.7 Å². The maximum absolute atomic E-state index is 13.2. The van der Waals surface area contributed by atoms with E-state index in [1.54, 1.807) is 30.3 Å². The molecule has 2 aromatic rings. The van der Waals surface area contributed by atoms with Crippen LogP contribution in [0.4, 0.5) is 0 Å². The average Bonchev–Trinajstić information content (AvgIpc) is 2.65. The minimum atomic E-state index is -3.77. The van der Waals surface area contributed by atoms with E-state index in [0.717, 1.165) is 12.0 Å². The van der Waals surface area contributed by atoms with E-state index in [9.17, 15) is 13.2 Å². The van der Waals surface area contributed by atoms with Crippen molar-refractivity contribution in [2.24, 2.45) is 0 Å². The molecule has 1 amide bonds. The number of para-hydroxylation sites is 2. The molecule has 0 bridgehead atoms. The van der Waals surface area contributed by atoms with Crippen molar-refractivity contribution >= 4 is 15.7 Å². The Labute approximate surface area is 164 Å². The van der Waals surface area contributed by atoms with Crippen LogP contribution in [0.5, 0.6) is 11.5 Å². The molecule has 4 rings (SSSR count). The van der Waals surface area contributed by atoms with E-state index in [0.29, 0.717) is 30.9 Å². The lowest BCUT2D eigenvalue weighted by Crippen LogP contribution is -2.58. The normalized spacial score (nSPS) is 20.1. The Morgan fingerprint density at radius 2 is 1.79 bits per heavy atom. The first-order chi connectivity index (χ1) is 13.4. The van der Waals surface area contributed by atoms with Gasteiger partial charge in [0.15, 0.2) is 26.1 Å². The maximum atomic E-state index is 13.2. The van der Waals surface area contributed by atoms with Gasteiger partial charge in [0.25, 0.3) is 0 Å². The summed E-state index contributed by atoms with van der Waals surface area (Å²) in [5.74, 6) is 0.836. The van der Waals surface area contributed by atoms with Gasteiger partial charge in [-0.25, -0.2) is 8.42 Å². The number of hydrogen-bond donors (Lipinski definition) is 1. The number of fused-ring (bicyclic) bond motifs is 1. The van der Waals surface area contributed by atoms with Crippen molar-refractivity contribution in [3.8, 4) is 11.5 Å². The highest BCUT2D eigenvalue weighted by Crippen LogP contribution is 2.43.